The van der Waals surface area contributed by atoms with Crippen molar-refractivity contribution in [2.24, 2.45) is 7.05 Å². The summed E-state index contributed by atoms with van der Waals surface area (Å²) in [6.07, 6.45) is 2.18. The maximum Gasteiger partial charge on any atom is 0.253 e. The number of imidazole rings is 1. The number of carbonyl (C=O) groups is 1. The summed E-state index contributed by atoms with van der Waals surface area (Å²) in [5, 5.41) is 5.68. The lowest BCUT2D eigenvalue weighted by atomic mass is 9.95. The van der Waals surface area contributed by atoms with Crippen LogP contribution in [0.25, 0.3) is 21.9 Å². The second-order valence-electron chi connectivity index (χ2n) is 11.3. The lowest BCUT2D eigenvalue weighted by Crippen LogP contribution is -2.38. The number of hydrogen-bond acceptors (Lipinski definition) is 3. The molecule has 2 aromatic heterocycles. The van der Waals surface area contributed by atoms with Crippen LogP contribution in [0.2, 0.25) is 0 Å². The summed E-state index contributed by atoms with van der Waals surface area (Å²) < 4.78 is 31.3. The summed E-state index contributed by atoms with van der Waals surface area (Å²) >= 11 is 0. The van der Waals surface area contributed by atoms with Gasteiger partial charge in [0.15, 0.2) is 0 Å². The number of nitrogens with zero attached hydrogens (tertiary/aromatic N) is 5. The summed E-state index contributed by atoms with van der Waals surface area (Å²) in [5.74, 6) is 0.684. The molecule has 7 rings (SSSR count). The van der Waals surface area contributed by atoms with E-state index in [2.05, 4.69) is 10.6 Å². The Labute approximate surface area is 248 Å². The highest BCUT2D eigenvalue weighted by atomic mass is 19.1. The third kappa shape index (κ3) is 5.29. The Bertz CT molecular complexity index is 1950. The van der Waals surface area contributed by atoms with Gasteiger partial charge in [-0.05, 0) is 72.5 Å². The zero-order chi connectivity index (χ0) is 29.5. The van der Waals surface area contributed by atoms with E-state index >= 15 is 0 Å². The molecule has 216 valence electrons. The fourth-order valence-corrected chi connectivity index (χ4v) is 6.30. The average molecular weight is 576 g/mol. The van der Waals surface area contributed by atoms with Crippen molar-refractivity contribution >= 4 is 27.8 Å². The van der Waals surface area contributed by atoms with Crippen molar-refractivity contribution in [3.05, 3.63) is 131 Å². The fraction of sp³-hybridized carbons (Fsp3) is 0.229. The lowest BCUT2D eigenvalue weighted by Gasteiger charge is -2.32. The van der Waals surface area contributed by atoms with Gasteiger partial charge in [-0.2, -0.15) is 5.10 Å². The van der Waals surface area contributed by atoms with Crippen LogP contribution < -0.4 is 0 Å². The number of piperidine rings is 1. The van der Waals surface area contributed by atoms with E-state index in [1.165, 1.54) is 18.2 Å². The van der Waals surface area contributed by atoms with Crippen molar-refractivity contribution in [1.82, 2.24) is 24.2 Å². The Hall–Kier alpha value is -4.85. The highest BCUT2D eigenvalue weighted by molar-refractivity contribution is 5.98. The standard InChI is InChI=1S/C35H31F2N5O/c1-40-33-21-26(11-14-29(33)31(39-40)20-23-9-12-27(36)13-10-23)35(43)41-17-15-25(16-18-41)34-38-30-7-2-3-8-32(30)42(34)22-24-5-4-6-28(37)19-24/h2-14,19,21,25H,15-18,20,22H2,1H3. The van der Waals surface area contributed by atoms with Gasteiger partial charge in [0.25, 0.3) is 5.91 Å². The van der Waals surface area contributed by atoms with E-state index in [4.69, 9.17) is 10.1 Å². The molecule has 8 heteroatoms. The van der Waals surface area contributed by atoms with E-state index in [0.717, 1.165) is 57.4 Å². The smallest absolute Gasteiger partial charge is 0.253 e. The molecule has 0 N–H and O–H groups in total. The van der Waals surface area contributed by atoms with Crippen LogP contribution in [-0.4, -0.2) is 43.2 Å². The molecule has 4 aromatic carbocycles. The first-order valence-corrected chi connectivity index (χ1v) is 14.6. The van der Waals surface area contributed by atoms with Crippen LogP contribution in [0.4, 0.5) is 8.78 Å². The number of halogens is 2. The van der Waals surface area contributed by atoms with Crippen LogP contribution >= 0.6 is 0 Å². The number of amides is 1. The summed E-state index contributed by atoms with van der Waals surface area (Å²) in [6, 6.07) is 27.0. The van der Waals surface area contributed by atoms with Crippen LogP contribution in [0.5, 0.6) is 0 Å². The molecular formula is C35H31F2N5O. The molecule has 0 bridgehead atoms. The molecular weight excluding hydrogens is 544 g/mol. The average Bonchev–Trinajstić information content (AvgIpc) is 3.54. The predicted octanol–water partition coefficient (Wildman–Crippen LogP) is 6.86. The Morgan fingerprint density at radius 1 is 0.837 bits per heavy atom. The maximum atomic E-state index is 14.0. The molecule has 0 saturated carbocycles. The van der Waals surface area contributed by atoms with Gasteiger partial charge in [0.1, 0.15) is 17.5 Å². The maximum absolute atomic E-state index is 14.0. The summed E-state index contributed by atoms with van der Waals surface area (Å²) in [5.41, 5.74) is 6.26. The first kappa shape index (κ1) is 27.0. The summed E-state index contributed by atoms with van der Waals surface area (Å²) in [7, 11) is 1.88. The Balaban J connectivity index is 1.08. The van der Waals surface area contributed by atoms with Crippen molar-refractivity contribution < 1.29 is 13.6 Å². The Morgan fingerprint density at radius 2 is 1.63 bits per heavy atom. The van der Waals surface area contributed by atoms with E-state index in [-0.39, 0.29) is 23.5 Å². The third-order valence-electron chi connectivity index (χ3n) is 8.52. The second kappa shape index (κ2) is 11.1. The van der Waals surface area contributed by atoms with Gasteiger partial charge in [-0.3, -0.25) is 9.48 Å². The highest BCUT2D eigenvalue weighted by Gasteiger charge is 2.28. The molecule has 0 unspecified atom stereocenters. The summed E-state index contributed by atoms with van der Waals surface area (Å²) in [4.78, 5) is 20.5. The van der Waals surface area contributed by atoms with Gasteiger partial charge in [0.05, 0.1) is 22.2 Å². The minimum atomic E-state index is -0.260. The monoisotopic (exact) mass is 575 g/mol. The molecule has 0 spiro atoms. The fourth-order valence-electron chi connectivity index (χ4n) is 6.30. The number of aryl methyl sites for hydroxylation is 1. The van der Waals surface area contributed by atoms with Gasteiger partial charge in [-0.1, -0.05) is 42.5 Å². The largest absolute Gasteiger partial charge is 0.339 e. The van der Waals surface area contributed by atoms with Crippen LogP contribution in [-0.2, 0) is 20.0 Å². The molecule has 0 atom stereocenters. The Kier molecular flexibility index (Phi) is 6.97. The van der Waals surface area contributed by atoms with Gasteiger partial charge < -0.3 is 9.47 Å². The molecule has 43 heavy (non-hydrogen) atoms. The van der Waals surface area contributed by atoms with Crippen molar-refractivity contribution in [2.75, 3.05) is 13.1 Å². The molecule has 1 amide bonds. The number of carbonyl (C=O) groups excluding carboxylic acids is 1. The number of aromatic nitrogens is 4. The number of fused-ring (bicyclic) bond motifs is 2. The molecule has 3 heterocycles. The highest BCUT2D eigenvalue weighted by Crippen LogP contribution is 2.32. The normalized spacial score (nSPS) is 14.2. The lowest BCUT2D eigenvalue weighted by molar-refractivity contribution is 0.0710. The van der Waals surface area contributed by atoms with Crippen LogP contribution in [0, 0.1) is 11.6 Å². The molecule has 6 aromatic rings. The van der Waals surface area contributed by atoms with E-state index in [1.807, 2.05) is 54.4 Å². The molecule has 1 aliphatic rings. The van der Waals surface area contributed by atoms with Crippen LogP contribution in [0.15, 0.2) is 91.0 Å². The van der Waals surface area contributed by atoms with Gasteiger partial charge in [0.2, 0.25) is 0 Å². The molecule has 6 nitrogen and oxygen atoms in total. The van der Waals surface area contributed by atoms with Crippen LogP contribution in [0.1, 0.15) is 51.8 Å². The van der Waals surface area contributed by atoms with Crippen molar-refractivity contribution in [1.29, 1.82) is 0 Å². The molecule has 1 saturated heterocycles. The van der Waals surface area contributed by atoms with Gasteiger partial charge in [0, 0.05) is 50.0 Å². The number of rotatable bonds is 6. The first-order chi connectivity index (χ1) is 20.9. The second-order valence-corrected chi connectivity index (χ2v) is 11.3. The number of para-hydroxylation sites is 2. The third-order valence-corrected chi connectivity index (χ3v) is 8.52. The minimum Gasteiger partial charge on any atom is -0.339 e. The molecule has 0 radical (unpaired) electrons. The minimum absolute atomic E-state index is 0.00917. The van der Waals surface area contributed by atoms with E-state index in [0.29, 0.717) is 31.6 Å². The van der Waals surface area contributed by atoms with Crippen molar-refractivity contribution in [3.63, 3.8) is 0 Å². The molecule has 0 aliphatic carbocycles. The van der Waals surface area contributed by atoms with E-state index in [1.54, 1.807) is 28.9 Å². The predicted molar refractivity (Wildman–Crippen MR) is 163 cm³/mol. The summed E-state index contributed by atoms with van der Waals surface area (Å²) in [6.45, 7) is 1.80. The topological polar surface area (TPSA) is 56.0 Å². The quantitative estimate of drug-likeness (QED) is 0.218. The van der Waals surface area contributed by atoms with Gasteiger partial charge in [-0.15, -0.1) is 0 Å². The first-order valence-electron chi connectivity index (χ1n) is 14.6. The van der Waals surface area contributed by atoms with Gasteiger partial charge in [-0.25, -0.2) is 13.8 Å². The SMILES string of the molecule is Cn1nc(Cc2ccc(F)cc2)c2ccc(C(=O)N3CCC(c4nc5ccccc5n4Cc4cccc(F)c4)CC3)cc21. The van der Waals surface area contributed by atoms with E-state index in [9.17, 15) is 13.6 Å². The number of hydrogen-bond donors (Lipinski definition) is 0. The number of benzene rings is 4. The molecule has 1 aliphatic heterocycles. The zero-order valence-corrected chi connectivity index (χ0v) is 23.9. The molecule has 1 fully saturated rings. The van der Waals surface area contributed by atoms with E-state index < -0.39 is 0 Å². The number of likely N-dealkylation sites (tertiary alicyclic amines) is 1. The van der Waals surface area contributed by atoms with Crippen LogP contribution in [0.3, 0.4) is 0 Å². The Morgan fingerprint density at radius 3 is 2.42 bits per heavy atom. The van der Waals surface area contributed by atoms with Crippen molar-refractivity contribution in [2.45, 2.75) is 31.7 Å². The van der Waals surface area contributed by atoms with Gasteiger partial charge >= 0.3 is 0 Å². The zero-order valence-electron chi connectivity index (χ0n) is 23.9. The van der Waals surface area contributed by atoms with Crippen molar-refractivity contribution in [3.8, 4) is 0 Å².